The van der Waals surface area contributed by atoms with Crippen LogP contribution in [-0.2, 0) is 12.8 Å². The molecule has 0 aliphatic heterocycles. The second-order valence-electron chi connectivity index (χ2n) is 3.09. The van der Waals surface area contributed by atoms with E-state index in [0.717, 1.165) is 11.3 Å². The van der Waals surface area contributed by atoms with Crippen LogP contribution in [0.25, 0.3) is 0 Å². The van der Waals surface area contributed by atoms with E-state index in [2.05, 4.69) is 26.1 Å². The number of hydrogen-bond donors (Lipinski definition) is 0. The van der Waals surface area contributed by atoms with Crippen molar-refractivity contribution < 1.29 is 8.91 Å². The fourth-order valence-corrected chi connectivity index (χ4v) is 1.68. The van der Waals surface area contributed by atoms with Crippen molar-refractivity contribution in [3.05, 3.63) is 46.3 Å². The van der Waals surface area contributed by atoms with E-state index in [-0.39, 0.29) is 5.82 Å². The van der Waals surface area contributed by atoms with Crippen LogP contribution in [0.15, 0.2) is 33.7 Å². The monoisotopic (exact) mass is 270 g/mol. The molecule has 0 saturated carbocycles. The van der Waals surface area contributed by atoms with Gasteiger partial charge < -0.3 is 4.52 Å². The van der Waals surface area contributed by atoms with Crippen LogP contribution in [-0.4, -0.2) is 10.1 Å². The Morgan fingerprint density at radius 3 is 3.00 bits per heavy atom. The third-order valence-corrected chi connectivity index (χ3v) is 2.73. The number of hydrogen-bond acceptors (Lipinski definition) is 3. The zero-order valence-electron chi connectivity index (χ0n) is 7.78. The largest absolute Gasteiger partial charge is 0.365 e. The van der Waals surface area contributed by atoms with Crippen LogP contribution < -0.4 is 0 Å². The van der Waals surface area contributed by atoms with E-state index < -0.39 is 0 Å². The quantitative estimate of drug-likeness (QED) is 0.806. The van der Waals surface area contributed by atoms with E-state index in [9.17, 15) is 4.39 Å². The molecule has 0 unspecified atom stereocenters. The Morgan fingerprint density at radius 1 is 1.40 bits per heavy atom. The second kappa shape index (κ2) is 4.53. The Kier molecular flexibility index (Phi) is 3.11. The summed E-state index contributed by atoms with van der Waals surface area (Å²) in [5.41, 5.74) is 1.68. The lowest BCUT2D eigenvalue weighted by molar-refractivity contribution is 0.411. The Balaban J connectivity index is 2.07. The van der Waals surface area contributed by atoms with Gasteiger partial charge in [-0.2, -0.15) is 0 Å². The summed E-state index contributed by atoms with van der Waals surface area (Å²) in [7, 11) is 0. The average Bonchev–Trinajstić information content (AvgIpc) is 2.72. The van der Waals surface area contributed by atoms with Gasteiger partial charge >= 0.3 is 0 Å². The molecule has 0 spiro atoms. The van der Waals surface area contributed by atoms with Crippen molar-refractivity contribution >= 4 is 15.9 Å². The summed E-state index contributed by atoms with van der Waals surface area (Å²) in [4.78, 5) is 3.88. The minimum absolute atomic E-state index is 0.326. The third kappa shape index (κ3) is 2.62. The van der Waals surface area contributed by atoms with Gasteiger partial charge in [-0.05, 0) is 40.4 Å². The summed E-state index contributed by atoms with van der Waals surface area (Å²) >= 11 is 3.27. The molecule has 0 radical (unpaired) electrons. The molecule has 0 fully saturated rings. The van der Waals surface area contributed by atoms with Crippen molar-refractivity contribution in [1.82, 2.24) is 10.1 Å². The normalized spacial score (nSPS) is 10.5. The van der Waals surface area contributed by atoms with E-state index in [1.807, 2.05) is 0 Å². The highest BCUT2D eigenvalue weighted by molar-refractivity contribution is 9.10. The highest BCUT2D eigenvalue weighted by Gasteiger charge is 2.04. The number of aromatic nitrogens is 2. The minimum Gasteiger partial charge on any atom is -0.365 e. The fourth-order valence-electron chi connectivity index (χ4n) is 1.27. The van der Waals surface area contributed by atoms with Crippen molar-refractivity contribution in [2.75, 3.05) is 0 Å². The first kappa shape index (κ1) is 10.3. The molecular formula is C10H8BrFN2O. The molecule has 0 aliphatic rings. The van der Waals surface area contributed by atoms with Crippen LogP contribution in [0, 0.1) is 5.82 Å². The summed E-state index contributed by atoms with van der Waals surface area (Å²) in [6.45, 7) is 0. The number of nitrogens with zero attached hydrogens (tertiary/aromatic N) is 2. The molecule has 2 aromatic heterocycles. The standard InChI is InChI=1S/C10H8BrFN2O/c11-10-7(5-8(12)6-13-10)1-2-9-3-4-15-14-9/h3-6H,1-2H2. The summed E-state index contributed by atoms with van der Waals surface area (Å²) in [6, 6.07) is 3.26. The van der Waals surface area contributed by atoms with E-state index in [1.165, 1.54) is 18.5 Å². The Bertz CT molecular complexity index is 445. The molecule has 0 N–H and O–H groups in total. The molecular weight excluding hydrogens is 263 g/mol. The highest BCUT2D eigenvalue weighted by atomic mass is 79.9. The first-order chi connectivity index (χ1) is 7.25. The van der Waals surface area contributed by atoms with Crippen molar-refractivity contribution in [2.24, 2.45) is 0 Å². The molecule has 3 nitrogen and oxygen atoms in total. The first-order valence-corrected chi connectivity index (χ1v) is 5.24. The van der Waals surface area contributed by atoms with E-state index in [1.54, 1.807) is 6.07 Å². The maximum atomic E-state index is 12.9. The van der Waals surface area contributed by atoms with E-state index in [4.69, 9.17) is 4.52 Å². The lowest BCUT2D eigenvalue weighted by atomic mass is 10.1. The van der Waals surface area contributed by atoms with Gasteiger partial charge in [0.05, 0.1) is 11.9 Å². The third-order valence-electron chi connectivity index (χ3n) is 2.02. The van der Waals surface area contributed by atoms with Crippen molar-refractivity contribution in [2.45, 2.75) is 12.8 Å². The summed E-state index contributed by atoms with van der Waals surface area (Å²) in [5, 5.41) is 3.78. The Morgan fingerprint density at radius 2 is 2.27 bits per heavy atom. The second-order valence-corrected chi connectivity index (χ2v) is 3.85. The van der Waals surface area contributed by atoms with Gasteiger partial charge in [0.2, 0.25) is 0 Å². The average molecular weight is 271 g/mol. The molecule has 0 amide bonds. The first-order valence-electron chi connectivity index (χ1n) is 4.45. The van der Waals surface area contributed by atoms with Crippen LogP contribution in [0.3, 0.4) is 0 Å². The molecule has 2 aromatic rings. The molecule has 5 heteroatoms. The Labute approximate surface area is 94.4 Å². The lowest BCUT2D eigenvalue weighted by Crippen LogP contribution is -1.95. The Hall–Kier alpha value is -1.23. The van der Waals surface area contributed by atoms with Crippen LogP contribution in [0.2, 0.25) is 0 Å². The minimum atomic E-state index is -0.326. The summed E-state index contributed by atoms with van der Waals surface area (Å²) in [6.07, 6.45) is 4.09. The molecule has 0 saturated heterocycles. The SMILES string of the molecule is Fc1cnc(Br)c(CCc2ccon2)c1. The van der Waals surface area contributed by atoms with Crippen molar-refractivity contribution in [3.8, 4) is 0 Å². The molecule has 0 aliphatic carbocycles. The number of aryl methyl sites for hydroxylation is 2. The van der Waals surface area contributed by atoms with Gasteiger partial charge in [-0.25, -0.2) is 9.37 Å². The molecule has 2 heterocycles. The zero-order valence-corrected chi connectivity index (χ0v) is 9.37. The van der Waals surface area contributed by atoms with Gasteiger partial charge in [-0.1, -0.05) is 5.16 Å². The number of pyridine rings is 1. The topological polar surface area (TPSA) is 38.9 Å². The van der Waals surface area contributed by atoms with Crippen LogP contribution in [0.4, 0.5) is 4.39 Å². The van der Waals surface area contributed by atoms with Crippen LogP contribution in [0.5, 0.6) is 0 Å². The maximum absolute atomic E-state index is 12.9. The van der Waals surface area contributed by atoms with E-state index >= 15 is 0 Å². The molecule has 0 bridgehead atoms. The van der Waals surface area contributed by atoms with Gasteiger partial charge in [0, 0.05) is 6.07 Å². The molecule has 15 heavy (non-hydrogen) atoms. The fraction of sp³-hybridized carbons (Fsp3) is 0.200. The van der Waals surface area contributed by atoms with Crippen LogP contribution in [0.1, 0.15) is 11.3 Å². The van der Waals surface area contributed by atoms with Crippen molar-refractivity contribution in [1.29, 1.82) is 0 Å². The van der Waals surface area contributed by atoms with Crippen LogP contribution >= 0.6 is 15.9 Å². The predicted octanol–water partition coefficient (Wildman–Crippen LogP) is 2.76. The van der Waals surface area contributed by atoms with E-state index in [0.29, 0.717) is 17.4 Å². The van der Waals surface area contributed by atoms with Gasteiger partial charge in [-0.15, -0.1) is 0 Å². The molecule has 78 valence electrons. The maximum Gasteiger partial charge on any atom is 0.141 e. The van der Waals surface area contributed by atoms with Gasteiger partial charge in [0.1, 0.15) is 16.7 Å². The summed E-state index contributed by atoms with van der Waals surface area (Å²) < 4.78 is 18.3. The summed E-state index contributed by atoms with van der Waals surface area (Å²) in [5.74, 6) is -0.326. The molecule has 0 aromatic carbocycles. The highest BCUT2D eigenvalue weighted by Crippen LogP contribution is 2.16. The smallest absolute Gasteiger partial charge is 0.141 e. The zero-order chi connectivity index (χ0) is 10.7. The van der Waals surface area contributed by atoms with Gasteiger partial charge in [-0.3, -0.25) is 0 Å². The van der Waals surface area contributed by atoms with Gasteiger partial charge in [0.25, 0.3) is 0 Å². The molecule has 0 atom stereocenters. The number of rotatable bonds is 3. The lowest BCUT2D eigenvalue weighted by Gasteiger charge is -2.01. The van der Waals surface area contributed by atoms with Crippen molar-refractivity contribution in [3.63, 3.8) is 0 Å². The predicted molar refractivity (Wildman–Crippen MR) is 55.8 cm³/mol. The number of halogens is 2. The van der Waals surface area contributed by atoms with Gasteiger partial charge in [0.15, 0.2) is 0 Å². The molecule has 2 rings (SSSR count).